The Kier molecular flexibility index (Phi) is 7.60. The van der Waals surface area contributed by atoms with Crippen LogP contribution in [-0.2, 0) is 23.0 Å². The van der Waals surface area contributed by atoms with Crippen molar-refractivity contribution in [3.63, 3.8) is 0 Å². The van der Waals surface area contributed by atoms with Crippen molar-refractivity contribution in [3.05, 3.63) is 95.6 Å². The zero-order chi connectivity index (χ0) is 22.3. The smallest absolute Gasteiger partial charge is 0.255 e. The van der Waals surface area contributed by atoms with Gasteiger partial charge in [-0.2, -0.15) is 4.31 Å². The Morgan fingerprint density at radius 2 is 1.48 bits per heavy atom. The van der Waals surface area contributed by atoms with Gasteiger partial charge in [-0.05, 0) is 60.4 Å². The van der Waals surface area contributed by atoms with Gasteiger partial charge in [-0.25, -0.2) is 8.42 Å². The number of amides is 1. The summed E-state index contributed by atoms with van der Waals surface area (Å²) in [4.78, 5) is 12.8. The van der Waals surface area contributed by atoms with Crippen LogP contribution in [0.5, 0.6) is 0 Å². The molecule has 0 saturated carbocycles. The van der Waals surface area contributed by atoms with Crippen LogP contribution in [0.2, 0.25) is 0 Å². The zero-order valence-electron chi connectivity index (χ0n) is 17.9. The number of nitrogens with zero attached hydrogens (tertiary/aromatic N) is 1. The molecule has 3 aromatic rings. The monoisotopic (exact) mass is 436 g/mol. The molecule has 31 heavy (non-hydrogen) atoms. The molecular formula is C25H28N2O3S. The Labute approximate surface area is 184 Å². The average molecular weight is 437 g/mol. The third-order valence-electron chi connectivity index (χ3n) is 5.10. The second kappa shape index (κ2) is 10.4. The second-order valence-corrected chi connectivity index (χ2v) is 9.57. The Hall–Kier alpha value is -2.96. The molecule has 3 rings (SSSR count). The summed E-state index contributed by atoms with van der Waals surface area (Å²) in [6, 6.07) is 23.2. The number of aryl methyl sites for hydroxylation is 1. The van der Waals surface area contributed by atoms with E-state index in [1.165, 1.54) is 9.87 Å². The van der Waals surface area contributed by atoms with E-state index in [9.17, 15) is 13.2 Å². The topological polar surface area (TPSA) is 66.5 Å². The van der Waals surface area contributed by atoms with Crippen molar-refractivity contribution < 1.29 is 13.2 Å². The van der Waals surface area contributed by atoms with Crippen molar-refractivity contribution >= 4 is 21.6 Å². The van der Waals surface area contributed by atoms with Gasteiger partial charge in [0.05, 0.1) is 4.90 Å². The molecule has 1 N–H and O–H groups in total. The van der Waals surface area contributed by atoms with Crippen molar-refractivity contribution in [3.8, 4) is 0 Å². The van der Waals surface area contributed by atoms with Crippen LogP contribution >= 0.6 is 0 Å². The minimum Gasteiger partial charge on any atom is -0.322 e. The summed E-state index contributed by atoms with van der Waals surface area (Å²) in [5, 5.41) is 2.90. The molecule has 3 aromatic carbocycles. The molecule has 5 nitrogen and oxygen atoms in total. The molecule has 0 atom stereocenters. The maximum Gasteiger partial charge on any atom is 0.255 e. The Morgan fingerprint density at radius 1 is 0.871 bits per heavy atom. The highest BCUT2D eigenvalue weighted by molar-refractivity contribution is 7.89. The van der Waals surface area contributed by atoms with Gasteiger partial charge in [0.25, 0.3) is 5.91 Å². The van der Waals surface area contributed by atoms with Crippen LogP contribution in [0.25, 0.3) is 0 Å². The first kappa shape index (κ1) is 22.7. The van der Waals surface area contributed by atoms with E-state index >= 15 is 0 Å². The molecule has 6 heteroatoms. The number of sulfonamides is 1. The van der Waals surface area contributed by atoms with E-state index in [1.807, 2.05) is 24.3 Å². The molecule has 0 aliphatic carbocycles. The lowest BCUT2D eigenvalue weighted by atomic mass is 10.1. The predicted molar refractivity (Wildman–Crippen MR) is 125 cm³/mol. The SMILES string of the molecule is CCCCc1ccc(NC(=O)c2ccc(CN(C)S(=O)(=O)c3ccccc3)cc2)cc1. The molecule has 0 saturated heterocycles. The predicted octanol–water partition coefficient (Wildman–Crippen LogP) is 5.10. The summed E-state index contributed by atoms with van der Waals surface area (Å²) in [7, 11) is -2.01. The van der Waals surface area contributed by atoms with Crippen LogP contribution in [0, 0.1) is 0 Å². The quantitative estimate of drug-likeness (QED) is 0.507. The highest BCUT2D eigenvalue weighted by Crippen LogP contribution is 2.17. The number of hydrogen-bond donors (Lipinski definition) is 1. The van der Waals surface area contributed by atoms with Crippen molar-refractivity contribution in [2.75, 3.05) is 12.4 Å². The van der Waals surface area contributed by atoms with Crippen molar-refractivity contribution in [2.24, 2.45) is 0 Å². The molecule has 0 heterocycles. The van der Waals surface area contributed by atoms with Gasteiger partial charge in [-0.1, -0.05) is 55.8 Å². The van der Waals surface area contributed by atoms with E-state index < -0.39 is 10.0 Å². The van der Waals surface area contributed by atoms with E-state index in [-0.39, 0.29) is 17.3 Å². The van der Waals surface area contributed by atoms with Crippen LogP contribution in [-0.4, -0.2) is 25.7 Å². The maximum absolute atomic E-state index is 12.7. The van der Waals surface area contributed by atoms with Gasteiger partial charge in [0.2, 0.25) is 10.0 Å². The Morgan fingerprint density at radius 3 is 2.10 bits per heavy atom. The number of unbranched alkanes of at least 4 members (excludes halogenated alkanes) is 1. The molecule has 0 fully saturated rings. The number of rotatable bonds is 9. The van der Waals surface area contributed by atoms with Crippen LogP contribution in [0.4, 0.5) is 5.69 Å². The van der Waals surface area contributed by atoms with Crippen molar-refractivity contribution in [1.29, 1.82) is 0 Å². The number of benzene rings is 3. The molecule has 162 valence electrons. The van der Waals surface area contributed by atoms with Crippen molar-refractivity contribution in [1.82, 2.24) is 4.31 Å². The van der Waals surface area contributed by atoms with E-state index in [0.717, 1.165) is 30.5 Å². The fourth-order valence-electron chi connectivity index (χ4n) is 3.21. The largest absolute Gasteiger partial charge is 0.322 e. The minimum absolute atomic E-state index is 0.196. The zero-order valence-corrected chi connectivity index (χ0v) is 18.7. The summed E-state index contributed by atoms with van der Waals surface area (Å²) in [5.41, 5.74) is 3.34. The number of carbonyl (C=O) groups excluding carboxylic acids is 1. The summed E-state index contributed by atoms with van der Waals surface area (Å²) in [5.74, 6) is -0.196. The first-order valence-electron chi connectivity index (χ1n) is 10.4. The summed E-state index contributed by atoms with van der Waals surface area (Å²) in [6.07, 6.45) is 3.35. The van der Waals surface area contributed by atoms with E-state index in [1.54, 1.807) is 61.6 Å². The highest BCUT2D eigenvalue weighted by atomic mass is 32.2. The lowest BCUT2D eigenvalue weighted by Crippen LogP contribution is -2.26. The Balaban J connectivity index is 1.61. The maximum atomic E-state index is 12.7. The summed E-state index contributed by atoms with van der Waals surface area (Å²) in [6.45, 7) is 2.39. The average Bonchev–Trinajstić information content (AvgIpc) is 2.79. The Bertz CT molecular complexity index is 1090. The normalized spacial score (nSPS) is 11.5. The van der Waals surface area contributed by atoms with E-state index in [0.29, 0.717) is 5.56 Å². The van der Waals surface area contributed by atoms with Gasteiger partial charge in [0.1, 0.15) is 0 Å². The highest BCUT2D eigenvalue weighted by Gasteiger charge is 2.20. The van der Waals surface area contributed by atoms with Crippen molar-refractivity contribution in [2.45, 2.75) is 37.6 Å². The molecular weight excluding hydrogens is 408 g/mol. The molecule has 0 radical (unpaired) electrons. The van der Waals surface area contributed by atoms with E-state index in [4.69, 9.17) is 0 Å². The molecule has 0 aromatic heterocycles. The first-order chi connectivity index (χ1) is 14.9. The van der Waals surface area contributed by atoms with Crippen LogP contribution in [0.15, 0.2) is 83.8 Å². The standard InChI is InChI=1S/C25H28N2O3S/c1-3-4-8-20-13-17-23(18-14-20)26-25(28)22-15-11-21(12-16-22)19-27(2)31(29,30)24-9-6-5-7-10-24/h5-7,9-18H,3-4,8,19H2,1-2H3,(H,26,28). The molecule has 0 aliphatic rings. The number of anilines is 1. The van der Waals surface area contributed by atoms with Crippen LogP contribution < -0.4 is 5.32 Å². The van der Waals surface area contributed by atoms with Gasteiger partial charge in [0, 0.05) is 24.8 Å². The number of nitrogens with one attached hydrogen (secondary N) is 1. The van der Waals surface area contributed by atoms with Crippen LogP contribution in [0.1, 0.15) is 41.3 Å². The lowest BCUT2D eigenvalue weighted by Gasteiger charge is -2.17. The fraction of sp³-hybridized carbons (Fsp3) is 0.240. The third-order valence-corrected chi connectivity index (χ3v) is 6.92. The molecule has 0 aliphatic heterocycles. The van der Waals surface area contributed by atoms with Gasteiger partial charge in [0.15, 0.2) is 0 Å². The fourth-order valence-corrected chi connectivity index (χ4v) is 4.39. The van der Waals surface area contributed by atoms with Gasteiger partial charge in [-0.3, -0.25) is 4.79 Å². The first-order valence-corrected chi connectivity index (χ1v) is 11.8. The lowest BCUT2D eigenvalue weighted by molar-refractivity contribution is 0.102. The second-order valence-electron chi connectivity index (χ2n) is 7.53. The van der Waals surface area contributed by atoms with E-state index in [2.05, 4.69) is 12.2 Å². The molecule has 0 unspecified atom stereocenters. The molecule has 0 bridgehead atoms. The minimum atomic E-state index is -3.56. The number of carbonyl (C=O) groups is 1. The molecule has 0 spiro atoms. The van der Waals surface area contributed by atoms with Gasteiger partial charge in [-0.15, -0.1) is 0 Å². The van der Waals surface area contributed by atoms with Gasteiger partial charge >= 0.3 is 0 Å². The molecule has 1 amide bonds. The van der Waals surface area contributed by atoms with Crippen LogP contribution in [0.3, 0.4) is 0 Å². The van der Waals surface area contributed by atoms with Gasteiger partial charge < -0.3 is 5.32 Å². The summed E-state index contributed by atoms with van der Waals surface area (Å²) < 4.78 is 26.6. The third kappa shape index (κ3) is 6.03. The summed E-state index contributed by atoms with van der Waals surface area (Å²) >= 11 is 0. The number of hydrogen-bond acceptors (Lipinski definition) is 3.